The third-order valence-corrected chi connectivity index (χ3v) is 4.88. The molecule has 3 aromatic rings. The lowest BCUT2D eigenvalue weighted by atomic mass is 10.0. The monoisotopic (exact) mass is 345 g/mol. The molecule has 4 heteroatoms. The Morgan fingerprint density at radius 1 is 1.12 bits per heavy atom. The molecule has 4 nitrogen and oxygen atoms in total. The SMILES string of the molecule is C[C@H]1Cc2ccccc2N1C(=O)COc1ccc2ccccc2c1C=O. The number of carbonyl (C=O) groups is 2. The van der Waals surface area contributed by atoms with Crippen LogP contribution in [0.2, 0.25) is 0 Å². The lowest BCUT2D eigenvalue weighted by Crippen LogP contribution is -2.39. The van der Waals surface area contributed by atoms with Crippen LogP contribution in [0.3, 0.4) is 0 Å². The van der Waals surface area contributed by atoms with Crippen LogP contribution in [0.15, 0.2) is 60.7 Å². The van der Waals surface area contributed by atoms with Crippen molar-refractivity contribution >= 4 is 28.7 Å². The molecule has 0 saturated heterocycles. The summed E-state index contributed by atoms with van der Waals surface area (Å²) < 4.78 is 5.75. The smallest absolute Gasteiger partial charge is 0.265 e. The van der Waals surface area contributed by atoms with Crippen molar-refractivity contribution in [2.75, 3.05) is 11.5 Å². The Labute approximate surface area is 152 Å². The molecule has 0 aromatic heterocycles. The Kier molecular flexibility index (Phi) is 4.17. The van der Waals surface area contributed by atoms with Crippen molar-refractivity contribution in [2.45, 2.75) is 19.4 Å². The Balaban J connectivity index is 1.57. The predicted octanol–water partition coefficient (Wildman–Crippen LogP) is 4.01. The average Bonchev–Trinajstić information content (AvgIpc) is 3.01. The van der Waals surface area contributed by atoms with Crippen LogP contribution in [-0.2, 0) is 11.2 Å². The van der Waals surface area contributed by atoms with Gasteiger partial charge in [0.25, 0.3) is 5.91 Å². The number of para-hydroxylation sites is 1. The maximum Gasteiger partial charge on any atom is 0.265 e. The molecule has 1 aliphatic rings. The highest BCUT2D eigenvalue weighted by atomic mass is 16.5. The van der Waals surface area contributed by atoms with Gasteiger partial charge < -0.3 is 9.64 Å². The molecule has 0 fully saturated rings. The van der Waals surface area contributed by atoms with Crippen LogP contribution in [0.4, 0.5) is 5.69 Å². The molecule has 0 N–H and O–H groups in total. The van der Waals surface area contributed by atoms with Crippen molar-refractivity contribution in [3.8, 4) is 5.75 Å². The first-order valence-electron chi connectivity index (χ1n) is 8.68. The summed E-state index contributed by atoms with van der Waals surface area (Å²) in [6, 6.07) is 19.3. The largest absolute Gasteiger partial charge is 0.483 e. The Bertz CT molecular complexity index is 996. The van der Waals surface area contributed by atoms with Gasteiger partial charge in [-0.2, -0.15) is 0 Å². The summed E-state index contributed by atoms with van der Waals surface area (Å²) in [6.45, 7) is 1.93. The van der Waals surface area contributed by atoms with Crippen molar-refractivity contribution in [2.24, 2.45) is 0 Å². The molecule has 26 heavy (non-hydrogen) atoms. The summed E-state index contributed by atoms with van der Waals surface area (Å²) in [7, 11) is 0. The highest BCUT2D eigenvalue weighted by Gasteiger charge is 2.30. The lowest BCUT2D eigenvalue weighted by molar-refractivity contribution is -0.120. The summed E-state index contributed by atoms with van der Waals surface area (Å²) in [5.74, 6) is 0.333. The molecular formula is C22H19NO3. The molecule has 3 aromatic carbocycles. The number of fused-ring (bicyclic) bond motifs is 2. The van der Waals surface area contributed by atoms with Crippen molar-refractivity contribution in [1.29, 1.82) is 0 Å². The molecule has 0 saturated carbocycles. The Morgan fingerprint density at radius 3 is 2.73 bits per heavy atom. The number of benzene rings is 3. The van der Waals surface area contributed by atoms with E-state index in [1.165, 1.54) is 5.56 Å². The first kappa shape index (κ1) is 16.3. The number of nitrogens with zero attached hydrogens (tertiary/aromatic N) is 1. The molecule has 130 valence electrons. The number of ether oxygens (including phenoxy) is 1. The molecule has 1 heterocycles. The third kappa shape index (κ3) is 2.73. The Morgan fingerprint density at radius 2 is 1.88 bits per heavy atom. The summed E-state index contributed by atoms with van der Waals surface area (Å²) in [6.07, 6.45) is 1.63. The molecule has 0 aliphatic carbocycles. The van der Waals surface area contributed by atoms with Crippen LogP contribution in [0, 0.1) is 0 Å². The van der Waals surface area contributed by atoms with Gasteiger partial charge >= 0.3 is 0 Å². The van der Waals surface area contributed by atoms with Crippen LogP contribution < -0.4 is 9.64 Å². The number of hydrogen-bond donors (Lipinski definition) is 0. The van der Waals surface area contributed by atoms with Gasteiger partial charge in [0.1, 0.15) is 5.75 Å². The average molecular weight is 345 g/mol. The van der Waals surface area contributed by atoms with Crippen molar-refractivity contribution in [3.63, 3.8) is 0 Å². The summed E-state index contributed by atoms with van der Waals surface area (Å²) in [4.78, 5) is 26.1. The summed E-state index contributed by atoms with van der Waals surface area (Å²) in [5.41, 5.74) is 2.60. The van der Waals surface area contributed by atoms with Crippen LogP contribution >= 0.6 is 0 Å². The predicted molar refractivity (Wildman–Crippen MR) is 102 cm³/mol. The topological polar surface area (TPSA) is 46.6 Å². The molecule has 0 unspecified atom stereocenters. The molecule has 1 aliphatic heterocycles. The van der Waals surface area contributed by atoms with Gasteiger partial charge in [-0.15, -0.1) is 0 Å². The van der Waals surface area contributed by atoms with E-state index in [1.807, 2.05) is 61.5 Å². The van der Waals surface area contributed by atoms with E-state index in [4.69, 9.17) is 4.74 Å². The van der Waals surface area contributed by atoms with E-state index in [-0.39, 0.29) is 18.6 Å². The fourth-order valence-corrected chi connectivity index (χ4v) is 3.68. The molecule has 4 rings (SSSR count). The summed E-state index contributed by atoms with van der Waals surface area (Å²) >= 11 is 0. The molecule has 1 amide bonds. The number of aldehydes is 1. The molecular weight excluding hydrogens is 326 g/mol. The fourth-order valence-electron chi connectivity index (χ4n) is 3.68. The minimum Gasteiger partial charge on any atom is -0.483 e. The highest BCUT2D eigenvalue weighted by molar-refractivity contribution is 6.01. The molecule has 1 atom stereocenters. The van der Waals surface area contributed by atoms with E-state index in [9.17, 15) is 9.59 Å². The van der Waals surface area contributed by atoms with Gasteiger partial charge in [0.05, 0.1) is 5.56 Å². The van der Waals surface area contributed by atoms with Crippen LogP contribution in [0.5, 0.6) is 5.75 Å². The van der Waals surface area contributed by atoms with E-state index in [2.05, 4.69) is 0 Å². The highest BCUT2D eigenvalue weighted by Crippen LogP contribution is 2.32. The van der Waals surface area contributed by atoms with E-state index >= 15 is 0 Å². The standard InChI is InChI=1S/C22H19NO3/c1-15-12-17-7-3-5-9-20(17)23(15)22(25)14-26-21-11-10-16-6-2-4-8-18(16)19(21)13-24/h2-11,13,15H,12,14H2,1H3/t15-/m0/s1. The van der Waals surface area contributed by atoms with Crippen LogP contribution in [0.1, 0.15) is 22.8 Å². The van der Waals surface area contributed by atoms with E-state index in [1.54, 1.807) is 11.0 Å². The van der Waals surface area contributed by atoms with E-state index in [0.717, 1.165) is 29.2 Å². The van der Waals surface area contributed by atoms with Crippen LogP contribution in [0.25, 0.3) is 10.8 Å². The van der Waals surface area contributed by atoms with Gasteiger partial charge in [0.15, 0.2) is 12.9 Å². The lowest BCUT2D eigenvalue weighted by Gasteiger charge is -2.23. The molecule has 0 bridgehead atoms. The zero-order chi connectivity index (χ0) is 18.1. The van der Waals surface area contributed by atoms with E-state index in [0.29, 0.717) is 11.3 Å². The van der Waals surface area contributed by atoms with Gasteiger partial charge in [-0.05, 0) is 41.8 Å². The van der Waals surface area contributed by atoms with Crippen molar-refractivity contribution in [3.05, 3.63) is 71.8 Å². The normalized spacial score (nSPS) is 15.7. The molecule has 0 radical (unpaired) electrons. The van der Waals surface area contributed by atoms with Gasteiger partial charge in [0.2, 0.25) is 0 Å². The minimum atomic E-state index is -0.104. The van der Waals surface area contributed by atoms with E-state index < -0.39 is 0 Å². The zero-order valence-electron chi connectivity index (χ0n) is 14.5. The number of rotatable bonds is 4. The fraction of sp³-hybridized carbons (Fsp3) is 0.182. The quantitative estimate of drug-likeness (QED) is 0.671. The second-order valence-electron chi connectivity index (χ2n) is 6.55. The van der Waals surface area contributed by atoms with Gasteiger partial charge in [0, 0.05) is 11.7 Å². The third-order valence-electron chi connectivity index (χ3n) is 4.88. The van der Waals surface area contributed by atoms with Gasteiger partial charge in [-0.3, -0.25) is 9.59 Å². The second kappa shape index (κ2) is 6.64. The zero-order valence-corrected chi connectivity index (χ0v) is 14.5. The van der Waals surface area contributed by atoms with Crippen molar-refractivity contribution in [1.82, 2.24) is 0 Å². The minimum absolute atomic E-state index is 0.0994. The van der Waals surface area contributed by atoms with Gasteiger partial charge in [-0.1, -0.05) is 48.5 Å². The Hall–Kier alpha value is -3.14. The van der Waals surface area contributed by atoms with Crippen LogP contribution in [-0.4, -0.2) is 24.8 Å². The van der Waals surface area contributed by atoms with Crippen molar-refractivity contribution < 1.29 is 14.3 Å². The first-order valence-corrected chi connectivity index (χ1v) is 8.68. The number of hydrogen-bond acceptors (Lipinski definition) is 3. The summed E-state index contributed by atoms with van der Waals surface area (Å²) in [5, 5.41) is 1.79. The second-order valence-corrected chi connectivity index (χ2v) is 6.55. The number of anilines is 1. The van der Waals surface area contributed by atoms with Gasteiger partial charge in [-0.25, -0.2) is 0 Å². The molecule has 0 spiro atoms. The maximum atomic E-state index is 12.8. The number of carbonyl (C=O) groups excluding carboxylic acids is 2. The first-order chi connectivity index (χ1) is 12.7. The number of amides is 1. The maximum absolute atomic E-state index is 12.8.